The van der Waals surface area contributed by atoms with Crippen molar-refractivity contribution in [3.8, 4) is 11.7 Å². The lowest BCUT2D eigenvalue weighted by atomic mass is 10.2. The number of halogens is 2. The fourth-order valence-electron chi connectivity index (χ4n) is 4.57. The first-order chi connectivity index (χ1) is 18.8. The van der Waals surface area contributed by atoms with Crippen LogP contribution in [-0.4, -0.2) is 85.2 Å². The first-order valence-electron chi connectivity index (χ1n) is 12.7. The highest BCUT2D eigenvalue weighted by molar-refractivity contribution is 7.89. The Bertz CT molecular complexity index is 1470. The quantitative estimate of drug-likeness (QED) is 0.414. The summed E-state index contributed by atoms with van der Waals surface area (Å²) in [7, 11) is -1.95. The molecule has 0 spiro atoms. The fraction of sp³-hybridized carbons (Fsp3) is 0.500. The molecular formula is C24H30F2N8O4S. The Balaban J connectivity index is 1.57. The molecule has 12 nitrogen and oxygen atoms in total. The lowest BCUT2D eigenvalue weighted by Crippen LogP contribution is -2.39. The minimum Gasteiger partial charge on any atom is -0.494 e. The van der Waals surface area contributed by atoms with Crippen LogP contribution in [0.3, 0.4) is 0 Å². The summed E-state index contributed by atoms with van der Waals surface area (Å²) < 4.78 is 67.5. The number of anilines is 2. The van der Waals surface area contributed by atoms with Crippen LogP contribution in [0.2, 0.25) is 0 Å². The van der Waals surface area contributed by atoms with Gasteiger partial charge in [-0.05, 0) is 24.6 Å². The number of alkyl halides is 2. The van der Waals surface area contributed by atoms with Gasteiger partial charge in [0.25, 0.3) is 6.43 Å². The SMILES string of the molecule is CCCS(=O)(=O)NC1=CCN(c2nc(N3CCOCC3)nc(-n3c(C(F)F)nc4c(OC)cccc43)n2)CC1. The largest absolute Gasteiger partial charge is 0.494 e. The Kier molecular flexibility index (Phi) is 7.79. The third-order valence-corrected chi connectivity index (χ3v) is 7.95. The van der Waals surface area contributed by atoms with Crippen molar-refractivity contribution >= 4 is 33.0 Å². The average Bonchev–Trinajstić information content (AvgIpc) is 3.34. The molecular weight excluding hydrogens is 534 g/mol. The number of para-hydroxylation sites is 1. The van der Waals surface area contributed by atoms with Gasteiger partial charge in [-0.15, -0.1) is 0 Å². The molecule has 2 aromatic heterocycles. The predicted octanol–water partition coefficient (Wildman–Crippen LogP) is 2.42. The Morgan fingerprint density at radius 1 is 1.05 bits per heavy atom. The zero-order chi connectivity index (χ0) is 27.6. The molecule has 2 aliphatic heterocycles. The van der Waals surface area contributed by atoms with E-state index in [4.69, 9.17) is 9.47 Å². The molecule has 2 aliphatic rings. The van der Waals surface area contributed by atoms with Gasteiger partial charge in [0, 0.05) is 38.3 Å². The molecule has 5 rings (SSSR count). The number of nitrogens with zero attached hydrogens (tertiary/aromatic N) is 7. The van der Waals surface area contributed by atoms with Gasteiger partial charge in [0.05, 0.1) is 31.6 Å². The van der Waals surface area contributed by atoms with E-state index in [0.717, 1.165) is 0 Å². The molecule has 210 valence electrons. The van der Waals surface area contributed by atoms with Crippen LogP contribution in [0.4, 0.5) is 20.7 Å². The molecule has 0 amide bonds. The predicted molar refractivity (Wildman–Crippen MR) is 141 cm³/mol. The summed E-state index contributed by atoms with van der Waals surface area (Å²) in [4.78, 5) is 21.8. The molecule has 0 aliphatic carbocycles. The lowest BCUT2D eigenvalue weighted by molar-refractivity contribution is 0.122. The van der Waals surface area contributed by atoms with Crippen molar-refractivity contribution in [3.05, 3.63) is 35.8 Å². The number of benzene rings is 1. The molecule has 0 saturated carbocycles. The van der Waals surface area contributed by atoms with Crippen LogP contribution in [-0.2, 0) is 14.8 Å². The second-order valence-electron chi connectivity index (χ2n) is 9.12. The normalized spacial score (nSPS) is 16.6. The van der Waals surface area contributed by atoms with Crippen LogP contribution in [0.1, 0.15) is 32.0 Å². The van der Waals surface area contributed by atoms with Crippen molar-refractivity contribution in [3.63, 3.8) is 0 Å². The summed E-state index contributed by atoms with van der Waals surface area (Å²) in [5.41, 5.74) is 1.26. The van der Waals surface area contributed by atoms with Crippen molar-refractivity contribution in [1.29, 1.82) is 0 Å². The molecule has 0 bridgehead atoms. The zero-order valence-corrected chi connectivity index (χ0v) is 22.5. The average molecular weight is 565 g/mol. The topological polar surface area (TPSA) is 128 Å². The number of morpholine rings is 1. The van der Waals surface area contributed by atoms with Gasteiger partial charge in [0.2, 0.25) is 27.9 Å². The number of fused-ring (bicyclic) bond motifs is 1. The molecule has 1 saturated heterocycles. The lowest BCUT2D eigenvalue weighted by Gasteiger charge is -2.30. The summed E-state index contributed by atoms with van der Waals surface area (Å²) in [5, 5.41) is 0. The Morgan fingerprint density at radius 3 is 2.41 bits per heavy atom. The highest BCUT2D eigenvalue weighted by atomic mass is 32.2. The zero-order valence-electron chi connectivity index (χ0n) is 21.7. The Hall–Kier alpha value is -3.59. The minimum absolute atomic E-state index is 0.00553. The van der Waals surface area contributed by atoms with E-state index in [1.54, 1.807) is 31.2 Å². The Labute approximate surface area is 224 Å². The summed E-state index contributed by atoms with van der Waals surface area (Å²) in [6, 6.07) is 5.00. The number of imidazole rings is 1. The van der Waals surface area contributed by atoms with Gasteiger partial charge in [-0.1, -0.05) is 13.0 Å². The van der Waals surface area contributed by atoms with Crippen molar-refractivity contribution < 1.29 is 26.7 Å². The van der Waals surface area contributed by atoms with E-state index in [0.29, 0.717) is 75.1 Å². The first kappa shape index (κ1) is 27.0. The highest BCUT2D eigenvalue weighted by Gasteiger charge is 2.27. The van der Waals surface area contributed by atoms with Crippen LogP contribution < -0.4 is 19.3 Å². The molecule has 1 N–H and O–H groups in total. The van der Waals surface area contributed by atoms with Crippen LogP contribution in [0.5, 0.6) is 5.75 Å². The minimum atomic E-state index is -3.40. The molecule has 0 radical (unpaired) electrons. The van der Waals surface area contributed by atoms with Gasteiger partial charge in [-0.3, -0.25) is 9.29 Å². The van der Waals surface area contributed by atoms with E-state index in [9.17, 15) is 17.2 Å². The van der Waals surface area contributed by atoms with Crippen LogP contribution >= 0.6 is 0 Å². The van der Waals surface area contributed by atoms with Gasteiger partial charge in [-0.25, -0.2) is 22.2 Å². The number of hydrogen-bond donors (Lipinski definition) is 1. The van der Waals surface area contributed by atoms with Gasteiger partial charge in [-0.2, -0.15) is 15.0 Å². The number of ether oxygens (including phenoxy) is 2. The van der Waals surface area contributed by atoms with Gasteiger partial charge >= 0.3 is 0 Å². The third-order valence-electron chi connectivity index (χ3n) is 6.43. The van der Waals surface area contributed by atoms with Gasteiger partial charge in [0.1, 0.15) is 11.3 Å². The maximum absolute atomic E-state index is 14.2. The van der Waals surface area contributed by atoms with E-state index < -0.39 is 22.3 Å². The van der Waals surface area contributed by atoms with Gasteiger partial charge in [0.15, 0.2) is 5.82 Å². The molecule has 0 atom stereocenters. The summed E-state index contributed by atoms with van der Waals surface area (Å²) in [5.74, 6) is 0.524. The summed E-state index contributed by atoms with van der Waals surface area (Å²) >= 11 is 0. The molecule has 1 aromatic carbocycles. The van der Waals surface area contributed by atoms with Crippen LogP contribution in [0.15, 0.2) is 30.0 Å². The molecule has 0 unspecified atom stereocenters. The van der Waals surface area contributed by atoms with Crippen molar-refractivity contribution in [2.24, 2.45) is 0 Å². The molecule has 3 aromatic rings. The van der Waals surface area contributed by atoms with Crippen molar-refractivity contribution in [2.45, 2.75) is 26.2 Å². The summed E-state index contributed by atoms with van der Waals surface area (Å²) in [6.45, 7) is 4.59. The third kappa shape index (κ3) is 5.73. The van der Waals surface area contributed by atoms with Crippen molar-refractivity contribution in [1.82, 2.24) is 29.2 Å². The molecule has 15 heteroatoms. The van der Waals surface area contributed by atoms with E-state index in [2.05, 4.69) is 24.7 Å². The first-order valence-corrected chi connectivity index (χ1v) is 14.3. The number of methoxy groups -OCH3 is 1. The monoisotopic (exact) mass is 564 g/mol. The number of rotatable bonds is 9. The van der Waals surface area contributed by atoms with E-state index in [-0.39, 0.29) is 23.2 Å². The van der Waals surface area contributed by atoms with E-state index >= 15 is 0 Å². The maximum atomic E-state index is 14.2. The fourth-order valence-corrected chi connectivity index (χ4v) is 5.79. The van der Waals surface area contributed by atoms with Gasteiger partial charge < -0.3 is 19.3 Å². The second-order valence-corrected chi connectivity index (χ2v) is 11.0. The smallest absolute Gasteiger partial charge is 0.296 e. The number of nitrogens with one attached hydrogen (secondary N) is 1. The van der Waals surface area contributed by atoms with E-state index in [1.807, 2.05) is 9.80 Å². The van der Waals surface area contributed by atoms with Crippen molar-refractivity contribution in [2.75, 3.05) is 62.1 Å². The molecule has 39 heavy (non-hydrogen) atoms. The molecule has 1 fully saturated rings. The number of hydrogen-bond acceptors (Lipinski definition) is 10. The number of sulfonamides is 1. The Morgan fingerprint density at radius 2 is 1.77 bits per heavy atom. The van der Waals surface area contributed by atoms with Crippen LogP contribution in [0, 0.1) is 0 Å². The van der Waals surface area contributed by atoms with Crippen LogP contribution in [0.25, 0.3) is 17.0 Å². The van der Waals surface area contributed by atoms with E-state index in [1.165, 1.54) is 11.7 Å². The highest BCUT2D eigenvalue weighted by Crippen LogP contribution is 2.32. The standard InChI is InChI=1S/C24H30F2N8O4S/c1-3-15-39(35,36)31-16-7-9-32(10-8-16)22-28-23(33-11-13-38-14-12-33)30-24(29-22)34-17-5-4-6-18(37-2)19(17)27-21(34)20(25)26/h4-7,20,31H,3,8-15H2,1-2H3. The number of aromatic nitrogens is 5. The second kappa shape index (κ2) is 11.3. The maximum Gasteiger partial charge on any atom is 0.296 e. The molecule has 4 heterocycles. The summed E-state index contributed by atoms with van der Waals surface area (Å²) in [6.07, 6.45) is -0.186.